The fraction of sp³-hybridized carbons (Fsp3) is 0.292. The van der Waals surface area contributed by atoms with Gasteiger partial charge in [-0.2, -0.15) is 0 Å². The van der Waals surface area contributed by atoms with Crippen molar-refractivity contribution in [2.24, 2.45) is 0 Å². The number of nitrogens with one attached hydrogen (secondary N) is 2. The molecule has 0 atom stereocenters. The summed E-state index contributed by atoms with van der Waals surface area (Å²) in [5, 5.41) is 5.02. The summed E-state index contributed by atoms with van der Waals surface area (Å²) in [6.45, 7) is 2.83. The van der Waals surface area contributed by atoms with E-state index in [9.17, 15) is 22.8 Å². The van der Waals surface area contributed by atoms with Gasteiger partial charge in [0.2, 0.25) is 11.9 Å². The van der Waals surface area contributed by atoms with Crippen molar-refractivity contribution in [3.8, 4) is 16.9 Å². The molecule has 1 saturated heterocycles. The number of carbonyl (C=O) groups is 2. The summed E-state index contributed by atoms with van der Waals surface area (Å²) in [5.41, 5.74) is 6.55. The molecule has 0 aliphatic carbocycles. The largest absolute Gasteiger partial charge is 0.573 e. The SMILES string of the molecule is CN1CCN(CC(=O)Nc2cc(C(=O)Nc3ccc(-c4cnc(N)nc4)cn3)ccc2OC(F)(F)F)CC1. The van der Waals surface area contributed by atoms with Crippen molar-refractivity contribution in [1.82, 2.24) is 24.8 Å². The first-order valence-corrected chi connectivity index (χ1v) is 11.5. The Kier molecular flexibility index (Phi) is 8.02. The Hall–Kier alpha value is -4.30. The molecule has 1 aliphatic heterocycles. The maximum Gasteiger partial charge on any atom is 0.573 e. The van der Waals surface area contributed by atoms with E-state index in [4.69, 9.17) is 5.73 Å². The highest BCUT2D eigenvalue weighted by Crippen LogP contribution is 2.31. The van der Waals surface area contributed by atoms with Crippen LogP contribution in [-0.4, -0.2) is 82.7 Å². The summed E-state index contributed by atoms with van der Waals surface area (Å²) >= 11 is 0. The van der Waals surface area contributed by atoms with Gasteiger partial charge in [0.25, 0.3) is 5.91 Å². The normalized spacial score (nSPS) is 14.6. The van der Waals surface area contributed by atoms with Crippen molar-refractivity contribution < 1.29 is 27.5 Å². The molecule has 0 spiro atoms. The van der Waals surface area contributed by atoms with Gasteiger partial charge in [-0.15, -0.1) is 13.2 Å². The van der Waals surface area contributed by atoms with E-state index in [0.717, 1.165) is 31.3 Å². The molecule has 4 rings (SSSR count). The highest BCUT2D eigenvalue weighted by atomic mass is 19.4. The predicted molar refractivity (Wildman–Crippen MR) is 133 cm³/mol. The number of likely N-dealkylation sites (N-methyl/N-ethyl adjacent to an activating group) is 1. The minimum Gasteiger partial charge on any atom is -0.404 e. The Morgan fingerprint density at radius 3 is 2.29 bits per heavy atom. The number of hydrogen-bond acceptors (Lipinski definition) is 9. The third-order valence-electron chi connectivity index (χ3n) is 5.71. The van der Waals surface area contributed by atoms with Gasteiger partial charge >= 0.3 is 6.36 Å². The van der Waals surface area contributed by atoms with Gasteiger partial charge in [-0.3, -0.25) is 14.5 Å². The van der Waals surface area contributed by atoms with Crippen LogP contribution in [0.1, 0.15) is 10.4 Å². The van der Waals surface area contributed by atoms with Crippen LogP contribution in [0.25, 0.3) is 11.1 Å². The molecule has 2 amide bonds. The van der Waals surface area contributed by atoms with Crippen LogP contribution in [-0.2, 0) is 4.79 Å². The van der Waals surface area contributed by atoms with Crippen LogP contribution in [0.3, 0.4) is 0 Å². The summed E-state index contributed by atoms with van der Waals surface area (Å²) in [4.78, 5) is 41.4. The van der Waals surface area contributed by atoms with E-state index in [1.807, 2.05) is 11.9 Å². The Morgan fingerprint density at radius 1 is 0.974 bits per heavy atom. The maximum absolute atomic E-state index is 12.9. The molecule has 200 valence electrons. The van der Waals surface area contributed by atoms with Gasteiger partial charge in [-0.05, 0) is 37.4 Å². The van der Waals surface area contributed by atoms with Crippen molar-refractivity contribution in [1.29, 1.82) is 0 Å². The molecule has 3 heterocycles. The molecule has 14 heteroatoms. The van der Waals surface area contributed by atoms with Crippen LogP contribution in [0.2, 0.25) is 0 Å². The number of nitrogens with two attached hydrogens (primary N) is 1. The average molecular weight is 531 g/mol. The van der Waals surface area contributed by atoms with Crippen LogP contribution in [0.4, 0.5) is 30.6 Å². The lowest BCUT2D eigenvalue weighted by Crippen LogP contribution is -2.47. The summed E-state index contributed by atoms with van der Waals surface area (Å²) in [6.07, 6.45) is -0.430. The van der Waals surface area contributed by atoms with Gasteiger partial charge in [-0.1, -0.05) is 0 Å². The van der Waals surface area contributed by atoms with Crippen LogP contribution in [0, 0.1) is 0 Å². The van der Waals surface area contributed by atoms with Crippen molar-refractivity contribution in [3.63, 3.8) is 0 Å². The zero-order chi connectivity index (χ0) is 27.3. The first-order chi connectivity index (χ1) is 18.1. The topological polar surface area (TPSA) is 139 Å². The minimum absolute atomic E-state index is 0.00719. The Bertz CT molecular complexity index is 1280. The standard InChI is InChI=1S/C24H25F3N8O3/c1-34-6-8-35(9-7-34)14-21(36)32-18-10-15(2-4-19(18)38-24(25,26)27)22(37)33-20-5-3-16(11-29-20)17-12-30-23(28)31-13-17/h2-5,10-13H,6-9,14H2,1H3,(H,32,36)(H2,28,30,31)(H,29,33,37). The van der Waals surface area contributed by atoms with E-state index in [2.05, 4.69) is 35.2 Å². The van der Waals surface area contributed by atoms with E-state index in [0.29, 0.717) is 24.2 Å². The summed E-state index contributed by atoms with van der Waals surface area (Å²) in [5.74, 6) is -1.47. The van der Waals surface area contributed by atoms with Gasteiger partial charge in [0.05, 0.1) is 12.2 Å². The first kappa shape index (κ1) is 26.8. The van der Waals surface area contributed by atoms with Crippen LogP contribution in [0.5, 0.6) is 5.75 Å². The fourth-order valence-corrected chi connectivity index (χ4v) is 3.70. The number of nitrogen functional groups attached to an aromatic ring is 1. The van der Waals surface area contributed by atoms with Crippen molar-refractivity contribution in [3.05, 3.63) is 54.5 Å². The van der Waals surface area contributed by atoms with Crippen molar-refractivity contribution >= 4 is 29.3 Å². The quantitative estimate of drug-likeness (QED) is 0.420. The number of alkyl halides is 3. The zero-order valence-electron chi connectivity index (χ0n) is 20.3. The van der Waals surface area contributed by atoms with E-state index in [-0.39, 0.29) is 29.6 Å². The number of ether oxygens (including phenoxy) is 1. The minimum atomic E-state index is -4.98. The van der Waals surface area contributed by atoms with Crippen molar-refractivity contribution in [2.45, 2.75) is 6.36 Å². The number of benzene rings is 1. The summed E-state index contributed by atoms with van der Waals surface area (Å²) in [6, 6.07) is 6.49. The summed E-state index contributed by atoms with van der Waals surface area (Å²) < 4.78 is 42.9. The third-order valence-corrected chi connectivity index (χ3v) is 5.71. The van der Waals surface area contributed by atoms with Gasteiger partial charge in [0.1, 0.15) is 5.82 Å². The Labute approximate surface area is 215 Å². The number of halogens is 3. The number of anilines is 3. The molecule has 0 saturated carbocycles. The van der Waals surface area contributed by atoms with E-state index in [1.54, 1.807) is 12.1 Å². The lowest BCUT2D eigenvalue weighted by atomic mass is 10.1. The molecule has 4 N–H and O–H groups in total. The number of pyridine rings is 1. The van der Waals surface area contributed by atoms with Crippen molar-refractivity contribution in [2.75, 3.05) is 56.1 Å². The second-order valence-corrected chi connectivity index (χ2v) is 8.60. The van der Waals surface area contributed by atoms with Crippen LogP contribution >= 0.6 is 0 Å². The molecule has 38 heavy (non-hydrogen) atoms. The van der Waals surface area contributed by atoms with E-state index in [1.165, 1.54) is 18.6 Å². The Morgan fingerprint density at radius 2 is 1.66 bits per heavy atom. The molecule has 1 aromatic carbocycles. The highest BCUT2D eigenvalue weighted by Gasteiger charge is 2.32. The number of aromatic nitrogens is 3. The summed E-state index contributed by atoms with van der Waals surface area (Å²) in [7, 11) is 1.97. The maximum atomic E-state index is 12.9. The molecular formula is C24H25F3N8O3. The highest BCUT2D eigenvalue weighted by molar-refractivity contribution is 6.05. The molecule has 2 aromatic heterocycles. The van der Waals surface area contributed by atoms with E-state index >= 15 is 0 Å². The number of piperazine rings is 1. The van der Waals surface area contributed by atoms with Gasteiger partial charge in [-0.25, -0.2) is 15.0 Å². The average Bonchev–Trinajstić information content (AvgIpc) is 2.86. The molecule has 3 aromatic rings. The Balaban J connectivity index is 1.47. The molecular weight excluding hydrogens is 505 g/mol. The third kappa shape index (κ3) is 7.36. The molecule has 11 nitrogen and oxygen atoms in total. The molecule has 0 radical (unpaired) electrons. The lowest BCUT2D eigenvalue weighted by Gasteiger charge is -2.31. The molecule has 0 bridgehead atoms. The monoisotopic (exact) mass is 530 g/mol. The van der Waals surface area contributed by atoms with Crippen LogP contribution < -0.4 is 21.1 Å². The fourth-order valence-electron chi connectivity index (χ4n) is 3.70. The first-order valence-electron chi connectivity index (χ1n) is 11.5. The van der Waals surface area contributed by atoms with E-state index < -0.39 is 23.9 Å². The van der Waals surface area contributed by atoms with Gasteiger partial charge in [0, 0.05) is 61.5 Å². The predicted octanol–water partition coefficient (Wildman–Crippen LogP) is 2.46. The number of amides is 2. The van der Waals surface area contributed by atoms with Gasteiger partial charge in [0.15, 0.2) is 5.75 Å². The smallest absolute Gasteiger partial charge is 0.404 e. The zero-order valence-corrected chi connectivity index (χ0v) is 20.3. The molecule has 0 unspecified atom stereocenters. The molecule has 1 aliphatic rings. The number of rotatable bonds is 7. The number of hydrogen-bond donors (Lipinski definition) is 3. The lowest BCUT2D eigenvalue weighted by molar-refractivity contribution is -0.274. The number of carbonyl (C=O) groups excluding carboxylic acids is 2. The van der Waals surface area contributed by atoms with Gasteiger partial charge < -0.3 is 26.0 Å². The number of nitrogens with zero attached hydrogens (tertiary/aromatic N) is 5. The second-order valence-electron chi connectivity index (χ2n) is 8.60. The van der Waals surface area contributed by atoms with Crippen LogP contribution in [0.15, 0.2) is 48.9 Å². The molecule has 1 fully saturated rings. The second kappa shape index (κ2) is 11.4.